The van der Waals surface area contributed by atoms with Crippen LogP contribution >= 0.6 is 0 Å². The summed E-state index contributed by atoms with van der Waals surface area (Å²) in [4.78, 5) is 0.832. The van der Waals surface area contributed by atoms with Crippen LogP contribution < -0.4 is 0 Å². The smallest absolute Gasteiger partial charge is 0.140 e. The van der Waals surface area contributed by atoms with Crippen LogP contribution in [0.5, 0.6) is 0 Å². The Morgan fingerprint density at radius 1 is 1.17 bits per heavy atom. The molecular formula is C13H18N2O2S. The average Bonchev–Trinajstić information content (AvgIpc) is 3.24. The molecule has 0 N–H and O–H groups in total. The number of morpholine rings is 1. The standard InChI is InChI=1S/C13H18N2O2S/c16-18(14-12-6-7-12,13-4-2-1-3-5-13)15-8-10-17-11-9-15/h1-5,12H,6-11H2. The minimum Gasteiger partial charge on any atom is -0.379 e. The minimum absolute atomic E-state index is 0.292. The molecule has 2 aliphatic rings. The van der Waals surface area contributed by atoms with Gasteiger partial charge in [0.25, 0.3) is 0 Å². The molecule has 98 valence electrons. The Labute approximate surface area is 108 Å². The molecule has 1 aromatic rings. The van der Waals surface area contributed by atoms with E-state index in [1.165, 1.54) is 0 Å². The lowest BCUT2D eigenvalue weighted by Crippen LogP contribution is -2.40. The van der Waals surface area contributed by atoms with Gasteiger partial charge in [-0.05, 0) is 25.0 Å². The van der Waals surface area contributed by atoms with Gasteiger partial charge in [0.05, 0.1) is 24.2 Å². The molecule has 1 aromatic carbocycles. The zero-order chi connectivity index (χ0) is 12.4. The highest BCUT2D eigenvalue weighted by Gasteiger charge is 2.29. The lowest BCUT2D eigenvalue weighted by molar-refractivity contribution is 0.0744. The third kappa shape index (κ3) is 2.43. The number of rotatable bonds is 3. The molecule has 0 radical (unpaired) electrons. The summed E-state index contributed by atoms with van der Waals surface area (Å²) in [6.07, 6.45) is 2.16. The fourth-order valence-corrected chi connectivity index (χ4v) is 4.37. The van der Waals surface area contributed by atoms with E-state index >= 15 is 0 Å². The van der Waals surface area contributed by atoms with E-state index in [1.54, 1.807) is 0 Å². The highest BCUT2D eigenvalue weighted by molar-refractivity contribution is 7.91. The van der Waals surface area contributed by atoms with Gasteiger partial charge in [-0.2, -0.15) is 0 Å². The van der Waals surface area contributed by atoms with Gasteiger partial charge in [0.15, 0.2) is 0 Å². The molecule has 1 saturated heterocycles. The van der Waals surface area contributed by atoms with Gasteiger partial charge in [0, 0.05) is 13.1 Å². The Hall–Kier alpha value is -0.910. The first-order chi connectivity index (χ1) is 8.79. The summed E-state index contributed by atoms with van der Waals surface area (Å²) in [6, 6.07) is 9.93. The van der Waals surface area contributed by atoms with Crippen molar-refractivity contribution in [3.8, 4) is 0 Å². The molecule has 1 aliphatic carbocycles. The zero-order valence-corrected chi connectivity index (χ0v) is 11.1. The maximum atomic E-state index is 13.3. The van der Waals surface area contributed by atoms with Gasteiger partial charge in [-0.3, -0.25) is 0 Å². The number of benzene rings is 1. The van der Waals surface area contributed by atoms with Crippen LogP contribution in [0.25, 0.3) is 0 Å². The SMILES string of the molecule is O=S(=NC1CC1)(c1ccccc1)N1CCOCC1. The Morgan fingerprint density at radius 3 is 2.44 bits per heavy atom. The number of ether oxygens (including phenoxy) is 1. The van der Waals surface area contributed by atoms with E-state index in [2.05, 4.69) is 4.36 Å². The highest BCUT2D eigenvalue weighted by atomic mass is 32.2. The van der Waals surface area contributed by atoms with Gasteiger partial charge in [-0.1, -0.05) is 18.2 Å². The third-order valence-corrected chi connectivity index (χ3v) is 5.74. The first-order valence-corrected chi connectivity index (χ1v) is 7.90. The summed E-state index contributed by atoms with van der Waals surface area (Å²) >= 11 is 0. The number of hydrogen-bond acceptors (Lipinski definition) is 3. The van der Waals surface area contributed by atoms with Crippen LogP contribution in [-0.2, 0) is 14.7 Å². The van der Waals surface area contributed by atoms with Crippen molar-refractivity contribution in [2.45, 2.75) is 23.8 Å². The summed E-state index contributed by atoms with van der Waals surface area (Å²) in [5.74, 6) is 0. The first kappa shape index (κ1) is 12.1. The molecule has 1 aliphatic heterocycles. The van der Waals surface area contributed by atoms with Crippen LogP contribution in [0.4, 0.5) is 0 Å². The van der Waals surface area contributed by atoms with Crippen molar-refractivity contribution >= 4 is 9.92 Å². The predicted octanol–water partition coefficient (Wildman–Crippen LogP) is 1.92. The van der Waals surface area contributed by atoms with Crippen LogP contribution in [0, 0.1) is 0 Å². The molecule has 0 spiro atoms. The van der Waals surface area contributed by atoms with Gasteiger partial charge >= 0.3 is 0 Å². The summed E-state index contributed by atoms with van der Waals surface area (Å²) in [6.45, 7) is 2.68. The molecule has 0 amide bonds. The normalized spacial score (nSPS) is 24.4. The first-order valence-electron chi connectivity index (χ1n) is 6.43. The quantitative estimate of drug-likeness (QED) is 0.839. The van der Waals surface area contributed by atoms with Crippen LogP contribution in [0.2, 0.25) is 0 Å². The molecule has 18 heavy (non-hydrogen) atoms. The summed E-state index contributed by atoms with van der Waals surface area (Å²) in [5, 5.41) is 0. The van der Waals surface area contributed by atoms with Gasteiger partial charge in [0.1, 0.15) is 9.92 Å². The van der Waals surface area contributed by atoms with Crippen molar-refractivity contribution in [1.82, 2.24) is 4.31 Å². The summed E-state index contributed by atoms with van der Waals surface area (Å²) < 4.78 is 25.2. The van der Waals surface area contributed by atoms with Crippen molar-refractivity contribution < 1.29 is 8.95 Å². The van der Waals surface area contributed by atoms with Gasteiger partial charge in [-0.15, -0.1) is 0 Å². The number of hydrogen-bond donors (Lipinski definition) is 0. The zero-order valence-electron chi connectivity index (χ0n) is 10.3. The van der Waals surface area contributed by atoms with E-state index in [0.717, 1.165) is 17.7 Å². The molecule has 0 bridgehead atoms. The second-order valence-corrected chi connectivity index (χ2v) is 6.88. The molecule has 0 aromatic heterocycles. The van der Waals surface area contributed by atoms with Crippen molar-refractivity contribution in [2.75, 3.05) is 26.3 Å². The van der Waals surface area contributed by atoms with E-state index in [1.807, 2.05) is 34.6 Å². The van der Waals surface area contributed by atoms with E-state index in [-0.39, 0.29) is 0 Å². The summed E-state index contributed by atoms with van der Waals surface area (Å²) in [7, 11) is -2.43. The van der Waals surface area contributed by atoms with E-state index in [4.69, 9.17) is 4.74 Å². The molecule has 2 fully saturated rings. The largest absolute Gasteiger partial charge is 0.379 e. The Morgan fingerprint density at radius 2 is 1.83 bits per heavy atom. The molecular weight excluding hydrogens is 248 g/mol. The van der Waals surface area contributed by atoms with Crippen LogP contribution in [0.1, 0.15) is 12.8 Å². The summed E-state index contributed by atoms with van der Waals surface area (Å²) in [5.41, 5.74) is 0. The van der Waals surface area contributed by atoms with Crippen molar-refractivity contribution in [1.29, 1.82) is 0 Å². The lowest BCUT2D eigenvalue weighted by atomic mass is 10.4. The van der Waals surface area contributed by atoms with Gasteiger partial charge < -0.3 is 4.74 Å². The Balaban J connectivity index is 2.00. The van der Waals surface area contributed by atoms with Crippen molar-refractivity contribution in [3.63, 3.8) is 0 Å². The number of nitrogens with zero attached hydrogens (tertiary/aromatic N) is 2. The second-order valence-electron chi connectivity index (χ2n) is 4.69. The maximum Gasteiger partial charge on any atom is 0.140 e. The molecule has 1 atom stereocenters. The van der Waals surface area contributed by atoms with E-state index < -0.39 is 9.92 Å². The molecule has 3 rings (SSSR count). The van der Waals surface area contributed by atoms with Crippen LogP contribution in [0.15, 0.2) is 39.6 Å². The minimum atomic E-state index is -2.43. The fraction of sp³-hybridized carbons (Fsp3) is 0.538. The van der Waals surface area contributed by atoms with Gasteiger partial charge in [-0.25, -0.2) is 12.9 Å². The van der Waals surface area contributed by atoms with Crippen LogP contribution in [0.3, 0.4) is 0 Å². The van der Waals surface area contributed by atoms with E-state index in [9.17, 15) is 4.21 Å². The Kier molecular flexibility index (Phi) is 3.37. The molecule has 5 heteroatoms. The van der Waals surface area contributed by atoms with E-state index in [0.29, 0.717) is 32.3 Å². The molecule has 4 nitrogen and oxygen atoms in total. The molecule has 1 saturated carbocycles. The van der Waals surface area contributed by atoms with Crippen LogP contribution in [-0.4, -0.2) is 40.9 Å². The highest BCUT2D eigenvalue weighted by Crippen LogP contribution is 2.29. The maximum absolute atomic E-state index is 13.3. The van der Waals surface area contributed by atoms with Crippen molar-refractivity contribution in [2.24, 2.45) is 4.36 Å². The topological polar surface area (TPSA) is 41.9 Å². The van der Waals surface area contributed by atoms with Crippen molar-refractivity contribution in [3.05, 3.63) is 30.3 Å². The predicted molar refractivity (Wildman–Crippen MR) is 70.7 cm³/mol. The lowest BCUT2D eigenvalue weighted by Gasteiger charge is -2.29. The average molecular weight is 266 g/mol. The Bertz CT molecular complexity index is 513. The third-order valence-electron chi connectivity index (χ3n) is 3.21. The monoisotopic (exact) mass is 266 g/mol. The fourth-order valence-electron chi connectivity index (χ4n) is 2.05. The second kappa shape index (κ2) is 4.99. The molecule has 1 heterocycles. The molecule has 1 unspecified atom stereocenters. The van der Waals surface area contributed by atoms with Gasteiger partial charge in [0.2, 0.25) is 0 Å².